The SMILES string of the molecule is NOCc1cccc(O)c1O. The molecule has 0 amide bonds. The largest absolute Gasteiger partial charge is 0.504 e. The molecule has 0 unspecified atom stereocenters. The van der Waals surface area contributed by atoms with Crippen LogP contribution in [0.25, 0.3) is 0 Å². The van der Waals surface area contributed by atoms with Crippen molar-refractivity contribution in [3.8, 4) is 11.5 Å². The van der Waals surface area contributed by atoms with E-state index >= 15 is 0 Å². The Balaban J connectivity index is 2.96. The minimum Gasteiger partial charge on any atom is -0.504 e. The highest BCUT2D eigenvalue weighted by molar-refractivity contribution is 5.43. The molecule has 4 nitrogen and oxygen atoms in total. The van der Waals surface area contributed by atoms with E-state index in [0.29, 0.717) is 5.56 Å². The van der Waals surface area contributed by atoms with Gasteiger partial charge in [0.25, 0.3) is 0 Å². The van der Waals surface area contributed by atoms with Gasteiger partial charge in [-0.2, -0.15) is 0 Å². The summed E-state index contributed by atoms with van der Waals surface area (Å²) < 4.78 is 0. The molecule has 0 fully saturated rings. The highest BCUT2D eigenvalue weighted by atomic mass is 16.6. The Morgan fingerprint density at radius 2 is 2.09 bits per heavy atom. The van der Waals surface area contributed by atoms with E-state index in [0.717, 1.165) is 0 Å². The predicted molar refractivity (Wildman–Crippen MR) is 38.7 cm³/mol. The van der Waals surface area contributed by atoms with Gasteiger partial charge in [0.15, 0.2) is 11.5 Å². The van der Waals surface area contributed by atoms with Crippen molar-refractivity contribution in [2.75, 3.05) is 0 Å². The van der Waals surface area contributed by atoms with Gasteiger partial charge in [-0.15, -0.1) is 0 Å². The summed E-state index contributed by atoms with van der Waals surface area (Å²) in [5, 5.41) is 18.1. The first kappa shape index (κ1) is 7.84. The first-order valence-electron chi connectivity index (χ1n) is 3.07. The summed E-state index contributed by atoms with van der Waals surface area (Å²) in [4.78, 5) is 4.29. The van der Waals surface area contributed by atoms with Crippen LogP contribution in [-0.2, 0) is 11.4 Å². The highest BCUT2D eigenvalue weighted by Crippen LogP contribution is 2.28. The summed E-state index contributed by atoms with van der Waals surface area (Å²) in [6.45, 7) is 0.0836. The number of benzene rings is 1. The number of hydrogen-bond donors (Lipinski definition) is 3. The van der Waals surface area contributed by atoms with Crippen LogP contribution in [0.15, 0.2) is 18.2 Å². The van der Waals surface area contributed by atoms with Gasteiger partial charge in [0.2, 0.25) is 0 Å². The Labute approximate surface area is 63.8 Å². The van der Waals surface area contributed by atoms with Crippen LogP contribution in [0.4, 0.5) is 0 Å². The quantitative estimate of drug-likeness (QED) is 0.429. The van der Waals surface area contributed by atoms with Crippen molar-refractivity contribution < 1.29 is 15.1 Å². The molecule has 4 N–H and O–H groups in total. The molecule has 4 heteroatoms. The Kier molecular flexibility index (Phi) is 2.30. The molecule has 0 radical (unpaired) electrons. The molecule has 0 aliphatic heterocycles. The molecule has 60 valence electrons. The lowest BCUT2D eigenvalue weighted by Gasteiger charge is -2.02. The molecule has 0 saturated heterocycles. The lowest BCUT2D eigenvalue weighted by molar-refractivity contribution is 0.122. The van der Waals surface area contributed by atoms with Crippen molar-refractivity contribution >= 4 is 0 Å². The fourth-order valence-corrected chi connectivity index (χ4v) is 0.784. The van der Waals surface area contributed by atoms with Gasteiger partial charge in [0, 0.05) is 5.56 Å². The molecule has 0 atom stereocenters. The van der Waals surface area contributed by atoms with E-state index in [2.05, 4.69) is 4.84 Å². The second kappa shape index (κ2) is 3.23. The molecular formula is C7H9NO3. The molecule has 0 aliphatic rings. The van der Waals surface area contributed by atoms with Gasteiger partial charge < -0.3 is 10.2 Å². The fourth-order valence-electron chi connectivity index (χ4n) is 0.784. The molecule has 0 spiro atoms. The van der Waals surface area contributed by atoms with Crippen molar-refractivity contribution in [3.05, 3.63) is 23.8 Å². The van der Waals surface area contributed by atoms with Crippen LogP contribution in [0.2, 0.25) is 0 Å². The average molecular weight is 155 g/mol. The first-order valence-corrected chi connectivity index (χ1v) is 3.07. The summed E-state index contributed by atoms with van der Waals surface area (Å²) >= 11 is 0. The number of hydrogen-bond acceptors (Lipinski definition) is 4. The van der Waals surface area contributed by atoms with Crippen molar-refractivity contribution in [1.82, 2.24) is 0 Å². The van der Waals surface area contributed by atoms with Gasteiger partial charge >= 0.3 is 0 Å². The van der Waals surface area contributed by atoms with E-state index in [1.807, 2.05) is 0 Å². The third kappa shape index (κ3) is 1.60. The third-order valence-electron chi connectivity index (χ3n) is 1.34. The number of phenolic OH excluding ortho intramolecular Hbond substituents is 2. The maximum absolute atomic E-state index is 9.14. The number of phenols is 2. The smallest absolute Gasteiger partial charge is 0.163 e. The van der Waals surface area contributed by atoms with Gasteiger partial charge in [-0.05, 0) is 6.07 Å². The van der Waals surface area contributed by atoms with E-state index in [1.54, 1.807) is 12.1 Å². The highest BCUT2D eigenvalue weighted by Gasteiger charge is 2.03. The van der Waals surface area contributed by atoms with Crippen molar-refractivity contribution in [1.29, 1.82) is 0 Å². The van der Waals surface area contributed by atoms with Gasteiger partial charge in [-0.1, -0.05) is 12.1 Å². The number of para-hydroxylation sites is 1. The zero-order valence-corrected chi connectivity index (χ0v) is 5.82. The van der Waals surface area contributed by atoms with Crippen LogP contribution in [0, 0.1) is 0 Å². The molecule has 0 aliphatic carbocycles. The van der Waals surface area contributed by atoms with Gasteiger partial charge in [0.05, 0.1) is 6.61 Å². The van der Waals surface area contributed by atoms with E-state index in [-0.39, 0.29) is 18.1 Å². The van der Waals surface area contributed by atoms with Gasteiger partial charge in [0.1, 0.15) is 0 Å². The zero-order chi connectivity index (χ0) is 8.27. The second-order valence-corrected chi connectivity index (χ2v) is 2.10. The Morgan fingerprint density at radius 1 is 1.36 bits per heavy atom. The molecule has 0 heterocycles. The van der Waals surface area contributed by atoms with Gasteiger partial charge in [-0.25, -0.2) is 5.90 Å². The fraction of sp³-hybridized carbons (Fsp3) is 0.143. The van der Waals surface area contributed by atoms with Crippen LogP contribution < -0.4 is 5.90 Å². The lowest BCUT2D eigenvalue weighted by atomic mass is 10.2. The lowest BCUT2D eigenvalue weighted by Crippen LogP contribution is -1.98. The Bertz CT molecular complexity index is 249. The number of nitrogens with two attached hydrogens (primary N) is 1. The second-order valence-electron chi connectivity index (χ2n) is 2.10. The molecule has 11 heavy (non-hydrogen) atoms. The molecular weight excluding hydrogens is 146 g/mol. The molecule has 1 rings (SSSR count). The van der Waals surface area contributed by atoms with Crippen LogP contribution in [0.5, 0.6) is 11.5 Å². The minimum atomic E-state index is -0.182. The monoisotopic (exact) mass is 155 g/mol. The van der Waals surface area contributed by atoms with Crippen molar-refractivity contribution in [2.24, 2.45) is 5.90 Å². The topological polar surface area (TPSA) is 75.7 Å². The number of rotatable bonds is 2. The normalized spacial score (nSPS) is 9.91. The van der Waals surface area contributed by atoms with E-state index in [1.165, 1.54) is 6.07 Å². The average Bonchev–Trinajstić information content (AvgIpc) is 1.99. The first-order chi connectivity index (χ1) is 5.25. The van der Waals surface area contributed by atoms with Crippen LogP contribution in [0.3, 0.4) is 0 Å². The van der Waals surface area contributed by atoms with Crippen LogP contribution >= 0.6 is 0 Å². The summed E-state index contributed by atoms with van der Waals surface area (Å²) in [6, 6.07) is 4.60. The maximum Gasteiger partial charge on any atom is 0.163 e. The van der Waals surface area contributed by atoms with E-state index < -0.39 is 0 Å². The summed E-state index contributed by atoms with van der Waals surface area (Å²) in [7, 11) is 0. The molecule has 0 bridgehead atoms. The number of aromatic hydroxyl groups is 2. The Hall–Kier alpha value is -1.26. The maximum atomic E-state index is 9.14. The minimum absolute atomic E-state index is 0.0836. The molecule has 0 aromatic heterocycles. The third-order valence-corrected chi connectivity index (χ3v) is 1.34. The van der Waals surface area contributed by atoms with E-state index in [4.69, 9.17) is 16.1 Å². The van der Waals surface area contributed by atoms with Crippen LogP contribution in [-0.4, -0.2) is 10.2 Å². The van der Waals surface area contributed by atoms with Crippen molar-refractivity contribution in [2.45, 2.75) is 6.61 Å². The molecule has 0 saturated carbocycles. The standard InChI is InChI=1S/C7H9NO3/c8-11-4-5-2-1-3-6(9)7(5)10/h1-3,9-10H,4,8H2. The summed E-state index contributed by atoms with van der Waals surface area (Å²) in [5.74, 6) is 4.44. The van der Waals surface area contributed by atoms with Gasteiger partial charge in [-0.3, -0.25) is 4.84 Å². The predicted octanol–water partition coefficient (Wildman–Crippen LogP) is 0.488. The van der Waals surface area contributed by atoms with Crippen LogP contribution in [0.1, 0.15) is 5.56 Å². The zero-order valence-electron chi connectivity index (χ0n) is 5.82. The summed E-state index contributed by atoms with van der Waals surface area (Å²) in [5.41, 5.74) is 0.465. The van der Waals surface area contributed by atoms with E-state index in [9.17, 15) is 0 Å². The molecule has 1 aromatic carbocycles. The Morgan fingerprint density at radius 3 is 2.73 bits per heavy atom. The molecule has 1 aromatic rings. The van der Waals surface area contributed by atoms with Crippen molar-refractivity contribution in [3.63, 3.8) is 0 Å². The summed E-state index contributed by atoms with van der Waals surface area (Å²) in [6.07, 6.45) is 0.